The molecule has 1 aromatic heterocycles. The zero-order chi connectivity index (χ0) is 23.7. The van der Waals surface area contributed by atoms with Crippen LogP contribution in [0.25, 0.3) is 22.0 Å². The third-order valence-electron chi connectivity index (χ3n) is 6.16. The number of likely N-dealkylation sites (tertiary alicyclic amines) is 1. The number of aromatic nitrogens is 1. The molecule has 0 bridgehead atoms. The van der Waals surface area contributed by atoms with Gasteiger partial charge in [0.1, 0.15) is 0 Å². The van der Waals surface area contributed by atoms with E-state index in [4.69, 9.17) is 17.3 Å². The van der Waals surface area contributed by atoms with Crippen LogP contribution in [0.5, 0.6) is 0 Å². The molecule has 1 atom stereocenters. The predicted molar refractivity (Wildman–Crippen MR) is 137 cm³/mol. The van der Waals surface area contributed by atoms with Crippen LogP contribution in [0.2, 0.25) is 5.02 Å². The Kier molecular flexibility index (Phi) is 6.91. The van der Waals surface area contributed by atoms with E-state index in [9.17, 15) is 14.7 Å². The summed E-state index contributed by atoms with van der Waals surface area (Å²) in [5, 5.41) is 10.8. The molecule has 1 aliphatic heterocycles. The maximum atomic E-state index is 13.3. The van der Waals surface area contributed by atoms with Crippen LogP contribution in [0.4, 0.5) is 10.5 Å². The Bertz CT molecular complexity index is 1250. The summed E-state index contributed by atoms with van der Waals surface area (Å²) in [5.74, 6) is 0.688. The quantitative estimate of drug-likeness (QED) is 0.301. The third kappa shape index (κ3) is 4.99. The Balaban J connectivity index is 1.76. The molecule has 1 aliphatic rings. The number of aromatic amines is 1. The van der Waals surface area contributed by atoms with E-state index < -0.39 is 6.09 Å². The lowest BCUT2D eigenvalue weighted by molar-refractivity contribution is 0.105. The van der Waals surface area contributed by atoms with Gasteiger partial charge in [-0.1, -0.05) is 40.9 Å². The number of nitrogens with two attached hydrogens (primary N) is 1. The van der Waals surface area contributed by atoms with Gasteiger partial charge in [-0.05, 0) is 57.2 Å². The molecule has 2 heterocycles. The molecule has 33 heavy (non-hydrogen) atoms. The molecule has 6 nitrogen and oxygen atoms in total. The number of halogens is 1. The van der Waals surface area contributed by atoms with Gasteiger partial charge in [0.25, 0.3) is 5.56 Å². The molecule has 1 saturated heterocycles. The van der Waals surface area contributed by atoms with E-state index in [1.807, 2.05) is 32.0 Å². The Morgan fingerprint density at radius 1 is 1.21 bits per heavy atom. The number of piperidine rings is 1. The topological polar surface area (TPSA) is 99.4 Å². The molecule has 0 aliphatic carbocycles. The number of hydrogen-bond acceptors (Lipinski definition) is 4. The van der Waals surface area contributed by atoms with Crippen molar-refractivity contribution in [1.29, 1.82) is 0 Å². The lowest BCUT2D eigenvalue weighted by atomic mass is 10.00. The van der Waals surface area contributed by atoms with E-state index in [0.29, 0.717) is 34.1 Å². The molecule has 1 amide bonds. The molecule has 2 aromatic carbocycles. The number of pyridine rings is 1. The molecule has 0 radical (unpaired) electrons. The van der Waals surface area contributed by atoms with Gasteiger partial charge in [-0.25, -0.2) is 4.79 Å². The number of thioether (sulfide) groups is 1. The fraction of sp³-hybridized carbons (Fsp3) is 0.360. The number of amides is 1. The molecule has 3 aromatic rings. The first-order chi connectivity index (χ1) is 15.7. The van der Waals surface area contributed by atoms with Crippen molar-refractivity contribution < 1.29 is 9.90 Å². The van der Waals surface area contributed by atoms with Crippen LogP contribution in [0, 0.1) is 13.8 Å². The highest BCUT2D eigenvalue weighted by atomic mass is 35.5. The number of rotatable bonds is 5. The highest BCUT2D eigenvalue weighted by molar-refractivity contribution is 7.99. The van der Waals surface area contributed by atoms with E-state index in [-0.39, 0.29) is 11.6 Å². The summed E-state index contributed by atoms with van der Waals surface area (Å²) in [4.78, 5) is 30.3. The molecule has 174 valence electrons. The van der Waals surface area contributed by atoms with Crippen LogP contribution >= 0.6 is 23.4 Å². The van der Waals surface area contributed by atoms with Crippen LogP contribution in [-0.2, 0) is 0 Å². The summed E-state index contributed by atoms with van der Waals surface area (Å²) in [6.45, 7) is 4.61. The molecule has 0 spiro atoms. The normalized spacial score (nSPS) is 16.3. The van der Waals surface area contributed by atoms with Crippen LogP contribution < -0.4 is 11.3 Å². The number of nitrogen functional groups attached to an aromatic ring is 1. The Morgan fingerprint density at radius 3 is 2.64 bits per heavy atom. The van der Waals surface area contributed by atoms with Crippen molar-refractivity contribution in [1.82, 2.24) is 9.88 Å². The SMILES string of the molecule is Cc1cc(C)cc(-c2c(SCCC3CCCCN3C(=O)O)c3cc(N)c(Cl)cc3[nH]c2=O)c1. The highest BCUT2D eigenvalue weighted by Crippen LogP contribution is 2.38. The molecular weight excluding hydrogens is 458 g/mol. The maximum absolute atomic E-state index is 13.3. The van der Waals surface area contributed by atoms with Crippen LogP contribution in [0.15, 0.2) is 40.0 Å². The number of fused-ring (bicyclic) bond motifs is 1. The van der Waals surface area contributed by atoms with Gasteiger partial charge in [-0.15, -0.1) is 11.8 Å². The number of aryl methyl sites for hydroxylation is 2. The van der Waals surface area contributed by atoms with Crippen LogP contribution in [0.1, 0.15) is 36.8 Å². The van der Waals surface area contributed by atoms with Crippen molar-refractivity contribution in [3.63, 3.8) is 0 Å². The van der Waals surface area contributed by atoms with Gasteiger partial charge < -0.3 is 20.7 Å². The first kappa shape index (κ1) is 23.5. The van der Waals surface area contributed by atoms with Gasteiger partial charge in [-0.2, -0.15) is 0 Å². The number of nitrogens with one attached hydrogen (secondary N) is 1. The molecule has 8 heteroatoms. The van der Waals surface area contributed by atoms with Gasteiger partial charge in [0.05, 0.1) is 21.8 Å². The molecular formula is C25H28ClN3O3S. The maximum Gasteiger partial charge on any atom is 0.407 e. The zero-order valence-electron chi connectivity index (χ0n) is 18.8. The van der Waals surface area contributed by atoms with Crippen molar-refractivity contribution in [2.75, 3.05) is 18.0 Å². The number of carbonyl (C=O) groups is 1. The van der Waals surface area contributed by atoms with Crippen molar-refractivity contribution in [2.45, 2.75) is 50.5 Å². The van der Waals surface area contributed by atoms with Gasteiger partial charge >= 0.3 is 6.09 Å². The smallest absolute Gasteiger partial charge is 0.407 e. The average Bonchev–Trinajstić information content (AvgIpc) is 2.74. The molecule has 1 fully saturated rings. The summed E-state index contributed by atoms with van der Waals surface area (Å²) in [6, 6.07) is 9.61. The first-order valence-electron chi connectivity index (χ1n) is 11.1. The van der Waals surface area contributed by atoms with Crippen molar-refractivity contribution in [3.8, 4) is 11.1 Å². The van der Waals surface area contributed by atoms with Gasteiger partial charge in [0.2, 0.25) is 0 Å². The molecule has 4 N–H and O–H groups in total. The summed E-state index contributed by atoms with van der Waals surface area (Å²) >= 11 is 7.81. The predicted octanol–water partition coefficient (Wildman–Crippen LogP) is 6.06. The average molecular weight is 486 g/mol. The van der Waals surface area contributed by atoms with Gasteiger partial charge in [0, 0.05) is 28.6 Å². The first-order valence-corrected chi connectivity index (χ1v) is 12.5. The van der Waals surface area contributed by atoms with Gasteiger partial charge in [0.15, 0.2) is 0 Å². The number of H-pyrrole nitrogens is 1. The monoisotopic (exact) mass is 485 g/mol. The number of benzene rings is 2. The molecule has 4 rings (SSSR count). The highest BCUT2D eigenvalue weighted by Gasteiger charge is 2.26. The van der Waals surface area contributed by atoms with E-state index >= 15 is 0 Å². The molecule has 0 saturated carbocycles. The Hall–Kier alpha value is -2.64. The summed E-state index contributed by atoms with van der Waals surface area (Å²) in [5.41, 5.74) is 10.7. The third-order valence-corrected chi connectivity index (χ3v) is 7.64. The van der Waals surface area contributed by atoms with Crippen molar-refractivity contribution in [2.24, 2.45) is 0 Å². The number of carboxylic acid groups (broad SMARTS) is 1. The Morgan fingerprint density at radius 2 is 1.94 bits per heavy atom. The fourth-order valence-electron chi connectivity index (χ4n) is 4.68. The van der Waals surface area contributed by atoms with Crippen LogP contribution in [0.3, 0.4) is 0 Å². The number of hydrogen-bond donors (Lipinski definition) is 3. The summed E-state index contributed by atoms with van der Waals surface area (Å²) < 4.78 is 0. The van der Waals surface area contributed by atoms with E-state index in [1.54, 1.807) is 22.7 Å². The lowest BCUT2D eigenvalue weighted by Crippen LogP contribution is -2.43. The second kappa shape index (κ2) is 9.69. The minimum Gasteiger partial charge on any atom is -0.465 e. The minimum absolute atomic E-state index is 0.00110. The van der Waals surface area contributed by atoms with E-state index in [2.05, 4.69) is 11.1 Å². The van der Waals surface area contributed by atoms with Crippen molar-refractivity contribution in [3.05, 3.63) is 56.8 Å². The van der Waals surface area contributed by atoms with Crippen molar-refractivity contribution >= 4 is 46.0 Å². The number of nitrogens with zero attached hydrogens (tertiary/aromatic N) is 1. The van der Waals surface area contributed by atoms with E-state index in [1.165, 1.54) is 0 Å². The minimum atomic E-state index is -0.857. The fourth-order valence-corrected chi connectivity index (χ4v) is 6.12. The number of anilines is 1. The summed E-state index contributed by atoms with van der Waals surface area (Å²) in [7, 11) is 0. The standard InChI is InChI=1S/C25H28ClN3O3S/c1-14-9-15(2)11-16(10-14)22-23(18-12-20(27)19(26)13-21(18)28-24(22)30)33-8-6-17-5-3-4-7-29(17)25(31)32/h9-13,17H,3-8,27H2,1-2H3,(H,28,30)(H,31,32). The van der Waals surface area contributed by atoms with E-state index in [0.717, 1.165) is 52.7 Å². The largest absolute Gasteiger partial charge is 0.465 e. The summed E-state index contributed by atoms with van der Waals surface area (Å²) in [6.07, 6.45) is 2.68. The second-order valence-corrected chi connectivity index (χ2v) is 10.2. The lowest BCUT2D eigenvalue weighted by Gasteiger charge is -2.33. The zero-order valence-corrected chi connectivity index (χ0v) is 20.4. The van der Waals surface area contributed by atoms with Gasteiger partial charge in [-0.3, -0.25) is 4.79 Å². The van der Waals surface area contributed by atoms with Crippen LogP contribution in [-0.4, -0.2) is 39.4 Å². The second-order valence-electron chi connectivity index (χ2n) is 8.72. The molecule has 1 unspecified atom stereocenters. The Labute approximate surface area is 202 Å².